The average Bonchev–Trinajstić information content (AvgIpc) is 3.31. The van der Waals surface area contributed by atoms with Gasteiger partial charge in [-0.25, -0.2) is 0 Å². The number of fused-ring (bicyclic) bond motifs is 1. The van der Waals surface area contributed by atoms with Crippen LogP contribution in [-0.4, -0.2) is 58.5 Å². The van der Waals surface area contributed by atoms with E-state index in [2.05, 4.69) is 10.00 Å². The van der Waals surface area contributed by atoms with Crippen molar-refractivity contribution >= 4 is 17.5 Å². The van der Waals surface area contributed by atoms with Crippen LogP contribution in [0.15, 0.2) is 18.2 Å². The monoisotopic (exact) mass is 458 g/mol. The maximum absolute atomic E-state index is 12.9. The van der Waals surface area contributed by atoms with E-state index < -0.39 is 16.9 Å². The van der Waals surface area contributed by atoms with Crippen LogP contribution in [0.3, 0.4) is 0 Å². The lowest BCUT2D eigenvalue weighted by atomic mass is 10.1. The quantitative estimate of drug-likeness (QED) is 0.688. The van der Waals surface area contributed by atoms with E-state index in [1.54, 1.807) is 4.90 Å². The summed E-state index contributed by atoms with van der Waals surface area (Å²) in [6.45, 7) is 5.05. The summed E-state index contributed by atoms with van der Waals surface area (Å²) in [7, 11) is 0. The Bertz CT molecular complexity index is 971. The van der Waals surface area contributed by atoms with Gasteiger partial charge in [-0.1, -0.05) is 17.7 Å². The van der Waals surface area contributed by atoms with E-state index in [1.165, 1.54) is 6.92 Å². The number of hydrogen-bond donors (Lipinski definition) is 0. The second-order valence-corrected chi connectivity index (χ2v) is 7.94. The van der Waals surface area contributed by atoms with Crippen molar-refractivity contribution in [1.29, 1.82) is 0 Å². The molecule has 1 saturated heterocycles. The number of carbonyl (C=O) groups is 1. The summed E-state index contributed by atoms with van der Waals surface area (Å²) in [6, 6.07) is 5.86. The molecule has 0 unspecified atom stereocenters. The van der Waals surface area contributed by atoms with E-state index in [1.807, 2.05) is 18.2 Å². The van der Waals surface area contributed by atoms with Crippen molar-refractivity contribution in [3.05, 3.63) is 40.2 Å². The topological polar surface area (TPSA) is 59.8 Å². The van der Waals surface area contributed by atoms with E-state index in [4.69, 9.17) is 21.1 Å². The molecule has 0 bridgehead atoms. The number of aryl methyl sites for hydroxylation is 1. The Morgan fingerprint density at radius 2 is 1.87 bits per heavy atom. The highest BCUT2D eigenvalue weighted by atomic mass is 35.5. The minimum absolute atomic E-state index is 0.0534. The first-order valence-electron chi connectivity index (χ1n) is 9.91. The molecular weight excluding hydrogens is 437 g/mol. The Hall–Kier alpha value is -2.46. The van der Waals surface area contributed by atoms with E-state index in [9.17, 15) is 18.0 Å². The summed E-state index contributed by atoms with van der Waals surface area (Å²) >= 11 is 5.76. The summed E-state index contributed by atoms with van der Waals surface area (Å²) in [6.07, 6.45) is -4.55. The molecule has 7 nitrogen and oxygen atoms in total. The predicted octanol–water partition coefficient (Wildman–Crippen LogP) is 3.33. The van der Waals surface area contributed by atoms with Crippen molar-refractivity contribution in [2.45, 2.75) is 32.6 Å². The smallest absolute Gasteiger partial charge is 0.436 e. The largest absolute Gasteiger partial charge is 0.454 e. The lowest BCUT2D eigenvalue weighted by Crippen LogP contribution is -2.48. The average molecular weight is 459 g/mol. The van der Waals surface area contributed by atoms with Crippen LogP contribution in [0, 0.1) is 6.92 Å². The number of hydrogen-bond acceptors (Lipinski definition) is 5. The Morgan fingerprint density at radius 1 is 1.16 bits per heavy atom. The highest BCUT2D eigenvalue weighted by molar-refractivity contribution is 6.31. The number of alkyl halides is 3. The summed E-state index contributed by atoms with van der Waals surface area (Å²) in [4.78, 5) is 16.5. The maximum Gasteiger partial charge on any atom is 0.436 e. The molecule has 1 amide bonds. The van der Waals surface area contributed by atoms with Gasteiger partial charge in [0.05, 0.1) is 17.3 Å². The SMILES string of the molecule is Cc1c(Cl)c(C(F)(F)F)nn1CCC(=O)N1CCN(Cc2ccc3c(c2)OCO3)CC1. The van der Waals surface area contributed by atoms with Crippen LogP contribution < -0.4 is 9.47 Å². The number of benzene rings is 1. The molecule has 4 rings (SSSR count). The molecule has 0 saturated carbocycles. The molecule has 2 aromatic rings. The fraction of sp³-hybridized carbons (Fsp3) is 0.500. The van der Waals surface area contributed by atoms with Crippen molar-refractivity contribution in [1.82, 2.24) is 19.6 Å². The van der Waals surface area contributed by atoms with Gasteiger partial charge >= 0.3 is 6.18 Å². The first-order chi connectivity index (χ1) is 14.7. The molecule has 1 aromatic heterocycles. The highest BCUT2D eigenvalue weighted by Crippen LogP contribution is 2.35. The summed E-state index contributed by atoms with van der Waals surface area (Å²) in [5.74, 6) is 1.38. The minimum atomic E-state index is -4.62. The number of rotatable bonds is 5. The number of ether oxygens (including phenoxy) is 2. The molecule has 2 aliphatic rings. The van der Waals surface area contributed by atoms with Crippen molar-refractivity contribution < 1.29 is 27.4 Å². The van der Waals surface area contributed by atoms with Crippen molar-refractivity contribution in [2.75, 3.05) is 33.0 Å². The van der Waals surface area contributed by atoms with Crippen LogP contribution in [0.2, 0.25) is 5.02 Å². The second kappa shape index (κ2) is 8.58. The molecule has 168 valence electrons. The molecule has 0 spiro atoms. The summed E-state index contributed by atoms with van der Waals surface area (Å²) < 4.78 is 50.7. The van der Waals surface area contributed by atoms with Gasteiger partial charge < -0.3 is 14.4 Å². The zero-order chi connectivity index (χ0) is 22.2. The minimum Gasteiger partial charge on any atom is -0.454 e. The van der Waals surface area contributed by atoms with E-state index in [0.29, 0.717) is 26.2 Å². The lowest BCUT2D eigenvalue weighted by molar-refractivity contribution is -0.141. The van der Waals surface area contributed by atoms with Crippen LogP contribution in [0.4, 0.5) is 13.2 Å². The molecule has 1 fully saturated rings. The third kappa shape index (κ3) is 4.74. The summed E-state index contributed by atoms with van der Waals surface area (Å²) in [5.41, 5.74) is 0.196. The first-order valence-corrected chi connectivity index (χ1v) is 10.3. The molecule has 3 heterocycles. The van der Waals surface area contributed by atoms with Gasteiger partial charge in [0, 0.05) is 39.1 Å². The molecule has 0 aliphatic carbocycles. The Labute approximate surface area is 182 Å². The number of carbonyl (C=O) groups excluding carboxylic acids is 1. The van der Waals surface area contributed by atoms with E-state index >= 15 is 0 Å². The maximum atomic E-state index is 12.9. The van der Waals surface area contributed by atoms with Crippen molar-refractivity contribution in [3.63, 3.8) is 0 Å². The van der Waals surface area contributed by atoms with Gasteiger partial charge in [0.25, 0.3) is 0 Å². The number of aromatic nitrogens is 2. The molecule has 31 heavy (non-hydrogen) atoms. The van der Waals surface area contributed by atoms with Gasteiger partial charge in [0.15, 0.2) is 17.2 Å². The van der Waals surface area contributed by atoms with Gasteiger partial charge in [-0.05, 0) is 24.6 Å². The van der Waals surface area contributed by atoms with Gasteiger partial charge in [0.1, 0.15) is 0 Å². The van der Waals surface area contributed by atoms with E-state index in [0.717, 1.165) is 28.3 Å². The fourth-order valence-electron chi connectivity index (χ4n) is 3.74. The molecular formula is C20H22ClF3N4O3. The number of amides is 1. The molecule has 2 aliphatic heterocycles. The fourth-order valence-corrected chi connectivity index (χ4v) is 3.98. The van der Waals surface area contributed by atoms with Crippen LogP contribution in [0.25, 0.3) is 0 Å². The highest BCUT2D eigenvalue weighted by Gasteiger charge is 2.38. The molecule has 1 aromatic carbocycles. The van der Waals surface area contributed by atoms with Crippen molar-refractivity contribution in [2.24, 2.45) is 0 Å². The van der Waals surface area contributed by atoms with Crippen LogP contribution in [0.1, 0.15) is 23.4 Å². The van der Waals surface area contributed by atoms with Gasteiger partial charge in [-0.3, -0.25) is 14.4 Å². The standard InChI is InChI=1S/C20H22ClF3N4O3/c1-13-18(21)19(20(22,23)24)25-28(13)5-4-17(29)27-8-6-26(7-9-27)11-14-2-3-15-16(10-14)31-12-30-15/h2-3,10H,4-9,11-12H2,1H3. The van der Waals surface area contributed by atoms with Gasteiger partial charge in [0.2, 0.25) is 12.7 Å². The van der Waals surface area contributed by atoms with E-state index in [-0.39, 0.29) is 31.4 Å². The molecule has 11 heteroatoms. The molecule has 0 N–H and O–H groups in total. The number of halogens is 4. The third-order valence-electron chi connectivity index (χ3n) is 5.51. The summed E-state index contributed by atoms with van der Waals surface area (Å²) in [5, 5.41) is 3.12. The zero-order valence-corrected chi connectivity index (χ0v) is 17.7. The van der Waals surface area contributed by atoms with Crippen molar-refractivity contribution in [3.8, 4) is 11.5 Å². The molecule has 0 atom stereocenters. The molecule has 0 radical (unpaired) electrons. The Morgan fingerprint density at radius 3 is 2.55 bits per heavy atom. The lowest BCUT2D eigenvalue weighted by Gasteiger charge is -2.34. The second-order valence-electron chi connectivity index (χ2n) is 7.56. The van der Waals surface area contributed by atoms with Crippen LogP contribution in [-0.2, 0) is 24.1 Å². The predicted molar refractivity (Wildman–Crippen MR) is 106 cm³/mol. The van der Waals surface area contributed by atoms with Crippen LogP contribution in [0.5, 0.6) is 11.5 Å². The van der Waals surface area contributed by atoms with Gasteiger partial charge in [-0.15, -0.1) is 0 Å². The van der Waals surface area contributed by atoms with Crippen LogP contribution >= 0.6 is 11.6 Å². The van der Waals surface area contributed by atoms with Gasteiger partial charge in [-0.2, -0.15) is 18.3 Å². The Kier molecular flexibility index (Phi) is 6.02. The zero-order valence-electron chi connectivity index (χ0n) is 16.9. The Balaban J connectivity index is 1.27. The number of nitrogens with zero attached hydrogens (tertiary/aromatic N) is 4. The third-order valence-corrected chi connectivity index (χ3v) is 5.96. The first kappa shape index (κ1) is 21.8. The number of piperazine rings is 1. The normalized spacial score (nSPS) is 16.7.